The van der Waals surface area contributed by atoms with Gasteiger partial charge in [-0.25, -0.2) is 9.37 Å². The number of hydrogen-bond acceptors (Lipinski definition) is 4. The summed E-state index contributed by atoms with van der Waals surface area (Å²) in [7, 11) is 0. The molecule has 0 aliphatic rings. The predicted octanol–water partition coefficient (Wildman–Crippen LogP) is 3.12. The topological polar surface area (TPSA) is 73.0 Å². The van der Waals surface area contributed by atoms with Crippen LogP contribution in [0.1, 0.15) is 25.6 Å². The monoisotopic (exact) mass is 278 g/mol. The summed E-state index contributed by atoms with van der Waals surface area (Å²) in [6.07, 6.45) is 3.38. The molecule has 6 nitrogen and oxygen atoms in total. The molecule has 2 aromatic rings. The summed E-state index contributed by atoms with van der Waals surface area (Å²) in [6, 6.07) is 3.65. The third kappa shape index (κ3) is 2.93. The Hall–Kier alpha value is -2.44. The molecule has 0 aliphatic heterocycles. The van der Waals surface area contributed by atoms with E-state index in [9.17, 15) is 14.5 Å². The van der Waals surface area contributed by atoms with Crippen molar-refractivity contribution in [3.8, 4) is 0 Å². The average Bonchev–Trinajstić information content (AvgIpc) is 2.86. The summed E-state index contributed by atoms with van der Waals surface area (Å²) in [4.78, 5) is 14.2. The third-order valence-electron chi connectivity index (χ3n) is 2.92. The summed E-state index contributed by atoms with van der Waals surface area (Å²) >= 11 is 0. The number of nitrogens with one attached hydrogen (secondary N) is 1. The van der Waals surface area contributed by atoms with E-state index in [0.717, 1.165) is 17.8 Å². The molecule has 0 amide bonds. The quantitative estimate of drug-likeness (QED) is 0.673. The fourth-order valence-corrected chi connectivity index (χ4v) is 1.88. The number of nitrogens with zero attached hydrogens (tertiary/aromatic N) is 3. The SMILES string of the molecule is CC(C)n1cncc1CNc1cc([N+](=O)[O-])ccc1F. The van der Waals surface area contributed by atoms with Gasteiger partial charge >= 0.3 is 0 Å². The minimum absolute atomic E-state index is 0.107. The Labute approximate surface area is 115 Å². The van der Waals surface area contributed by atoms with Gasteiger partial charge in [0.05, 0.1) is 29.2 Å². The Morgan fingerprint density at radius 1 is 1.50 bits per heavy atom. The predicted molar refractivity (Wildman–Crippen MR) is 73.0 cm³/mol. The lowest BCUT2D eigenvalue weighted by molar-refractivity contribution is -0.384. The van der Waals surface area contributed by atoms with E-state index in [1.54, 1.807) is 12.5 Å². The largest absolute Gasteiger partial charge is 0.377 e. The molecule has 0 radical (unpaired) electrons. The molecule has 1 N–H and O–H groups in total. The van der Waals surface area contributed by atoms with E-state index < -0.39 is 10.7 Å². The molecule has 0 atom stereocenters. The highest BCUT2D eigenvalue weighted by molar-refractivity contribution is 5.52. The summed E-state index contributed by atoms with van der Waals surface area (Å²) < 4.78 is 15.6. The minimum Gasteiger partial charge on any atom is -0.377 e. The van der Waals surface area contributed by atoms with Gasteiger partial charge in [-0.3, -0.25) is 10.1 Å². The summed E-state index contributed by atoms with van der Waals surface area (Å²) in [6.45, 7) is 4.37. The number of nitro benzene ring substituents is 1. The van der Waals surface area contributed by atoms with Crippen LogP contribution in [0.15, 0.2) is 30.7 Å². The van der Waals surface area contributed by atoms with E-state index in [4.69, 9.17) is 0 Å². The molecule has 2 rings (SSSR count). The van der Waals surface area contributed by atoms with Gasteiger partial charge in [0.25, 0.3) is 5.69 Å². The minimum atomic E-state index is -0.553. The van der Waals surface area contributed by atoms with Crippen molar-refractivity contribution in [2.75, 3.05) is 5.32 Å². The van der Waals surface area contributed by atoms with E-state index in [2.05, 4.69) is 10.3 Å². The van der Waals surface area contributed by atoms with E-state index in [1.165, 1.54) is 6.07 Å². The van der Waals surface area contributed by atoms with Crippen molar-refractivity contribution in [2.24, 2.45) is 0 Å². The number of hydrogen-bond donors (Lipinski definition) is 1. The first-order valence-corrected chi connectivity index (χ1v) is 6.17. The van der Waals surface area contributed by atoms with Crippen LogP contribution < -0.4 is 5.32 Å². The maximum Gasteiger partial charge on any atom is 0.271 e. The lowest BCUT2D eigenvalue weighted by Crippen LogP contribution is -2.09. The van der Waals surface area contributed by atoms with Gasteiger partial charge < -0.3 is 9.88 Å². The number of halogens is 1. The highest BCUT2D eigenvalue weighted by Crippen LogP contribution is 2.22. The van der Waals surface area contributed by atoms with Crippen LogP contribution in [0.4, 0.5) is 15.8 Å². The number of imidazole rings is 1. The molecule has 0 aliphatic carbocycles. The molecule has 0 unspecified atom stereocenters. The molecule has 0 bridgehead atoms. The Morgan fingerprint density at radius 2 is 2.25 bits per heavy atom. The van der Waals surface area contributed by atoms with Gasteiger partial charge in [-0.2, -0.15) is 0 Å². The zero-order chi connectivity index (χ0) is 14.7. The van der Waals surface area contributed by atoms with Crippen LogP contribution in [0, 0.1) is 15.9 Å². The number of anilines is 1. The first kappa shape index (κ1) is 14.0. The molecular weight excluding hydrogens is 263 g/mol. The number of rotatable bonds is 5. The summed E-state index contributed by atoms with van der Waals surface area (Å²) in [5, 5.41) is 13.5. The second-order valence-corrected chi connectivity index (χ2v) is 4.66. The number of nitro groups is 1. The van der Waals surface area contributed by atoms with Crippen LogP contribution >= 0.6 is 0 Å². The van der Waals surface area contributed by atoms with Crippen molar-refractivity contribution < 1.29 is 9.31 Å². The smallest absolute Gasteiger partial charge is 0.271 e. The highest BCUT2D eigenvalue weighted by atomic mass is 19.1. The van der Waals surface area contributed by atoms with Gasteiger partial charge in [0.2, 0.25) is 0 Å². The van der Waals surface area contributed by atoms with Crippen molar-refractivity contribution in [1.29, 1.82) is 0 Å². The van der Waals surface area contributed by atoms with Crippen LogP contribution in [-0.2, 0) is 6.54 Å². The van der Waals surface area contributed by atoms with Crippen LogP contribution in [0.5, 0.6) is 0 Å². The molecule has 0 fully saturated rings. The van der Waals surface area contributed by atoms with Gasteiger partial charge in [-0.1, -0.05) is 0 Å². The zero-order valence-electron chi connectivity index (χ0n) is 11.2. The Bertz CT molecular complexity index is 625. The number of aromatic nitrogens is 2. The molecule has 0 saturated heterocycles. The molecule has 0 spiro atoms. The van der Waals surface area contributed by atoms with Crippen LogP contribution in [-0.4, -0.2) is 14.5 Å². The third-order valence-corrected chi connectivity index (χ3v) is 2.92. The van der Waals surface area contributed by atoms with E-state index in [0.29, 0.717) is 6.54 Å². The van der Waals surface area contributed by atoms with Gasteiger partial charge in [-0.15, -0.1) is 0 Å². The van der Waals surface area contributed by atoms with Crippen molar-refractivity contribution in [1.82, 2.24) is 9.55 Å². The molecule has 106 valence electrons. The second-order valence-electron chi connectivity index (χ2n) is 4.66. The maximum atomic E-state index is 13.6. The standard InChI is InChI=1S/C13H15FN4O2/c1-9(2)17-8-15-6-11(17)7-16-13-5-10(18(19)20)3-4-12(13)14/h3-6,8-9,16H,7H2,1-2H3. The van der Waals surface area contributed by atoms with Crippen molar-refractivity contribution >= 4 is 11.4 Å². The Balaban J connectivity index is 2.16. The first-order chi connectivity index (χ1) is 9.49. The molecule has 1 aromatic carbocycles. The highest BCUT2D eigenvalue weighted by Gasteiger charge is 2.11. The van der Waals surface area contributed by atoms with Crippen LogP contribution in [0.25, 0.3) is 0 Å². The molecule has 20 heavy (non-hydrogen) atoms. The van der Waals surface area contributed by atoms with Crippen molar-refractivity contribution in [2.45, 2.75) is 26.4 Å². The fraction of sp³-hybridized carbons (Fsp3) is 0.308. The van der Waals surface area contributed by atoms with Gasteiger partial charge in [0.15, 0.2) is 0 Å². The molecular formula is C13H15FN4O2. The molecule has 1 aromatic heterocycles. The number of non-ortho nitro benzene ring substituents is 1. The van der Waals surface area contributed by atoms with Gasteiger partial charge in [-0.05, 0) is 19.9 Å². The molecule has 1 heterocycles. The lowest BCUT2D eigenvalue weighted by atomic mass is 10.2. The van der Waals surface area contributed by atoms with Crippen LogP contribution in [0.3, 0.4) is 0 Å². The van der Waals surface area contributed by atoms with Crippen molar-refractivity contribution in [3.63, 3.8) is 0 Å². The molecule has 7 heteroatoms. The average molecular weight is 278 g/mol. The summed E-state index contributed by atoms with van der Waals surface area (Å²) in [5.41, 5.74) is 0.841. The lowest BCUT2D eigenvalue weighted by Gasteiger charge is -2.13. The van der Waals surface area contributed by atoms with E-state index in [1.807, 2.05) is 18.4 Å². The summed E-state index contributed by atoms with van der Waals surface area (Å²) in [5.74, 6) is -0.522. The van der Waals surface area contributed by atoms with Crippen molar-refractivity contribution in [3.05, 3.63) is 52.3 Å². The Morgan fingerprint density at radius 3 is 2.90 bits per heavy atom. The normalized spacial score (nSPS) is 10.8. The Kier molecular flexibility index (Phi) is 3.97. The fourth-order valence-electron chi connectivity index (χ4n) is 1.88. The first-order valence-electron chi connectivity index (χ1n) is 6.17. The van der Waals surface area contributed by atoms with Gasteiger partial charge in [0, 0.05) is 24.4 Å². The van der Waals surface area contributed by atoms with E-state index in [-0.39, 0.29) is 17.4 Å². The van der Waals surface area contributed by atoms with Crippen LogP contribution in [0.2, 0.25) is 0 Å². The zero-order valence-corrected chi connectivity index (χ0v) is 11.2. The van der Waals surface area contributed by atoms with Gasteiger partial charge in [0.1, 0.15) is 5.82 Å². The van der Waals surface area contributed by atoms with E-state index >= 15 is 0 Å². The second kappa shape index (κ2) is 5.68. The number of benzene rings is 1. The maximum absolute atomic E-state index is 13.6. The molecule has 0 saturated carbocycles.